The average molecular weight is 384 g/mol. The summed E-state index contributed by atoms with van der Waals surface area (Å²) >= 11 is 3.03. The van der Waals surface area contributed by atoms with Crippen molar-refractivity contribution in [2.75, 3.05) is 7.11 Å². The Morgan fingerprint density at radius 1 is 1.27 bits per heavy atom. The Balaban J connectivity index is 1.57. The molecule has 0 atom stereocenters. The Kier molecular flexibility index (Phi) is 4.52. The standard InChI is InChI=1S/C18H16N4O2S2/c1-12-10-25-18-20-13(9-16(23)22(12)18)11-26-17-19-7-8-21(17)14-3-5-15(24-2)6-4-14/h3-10H,11H2,1-2H3. The minimum atomic E-state index is -0.0390. The summed E-state index contributed by atoms with van der Waals surface area (Å²) in [7, 11) is 1.65. The minimum Gasteiger partial charge on any atom is -0.497 e. The molecule has 0 aliphatic carbocycles. The van der Waals surface area contributed by atoms with Gasteiger partial charge in [0.25, 0.3) is 5.56 Å². The highest BCUT2D eigenvalue weighted by Gasteiger charge is 2.10. The van der Waals surface area contributed by atoms with Gasteiger partial charge in [0.05, 0.1) is 12.8 Å². The Morgan fingerprint density at radius 3 is 2.85 bits per heavy atom. The number of methoxy groups -OCH3 is 1. The third kappa shape index (κ3) is 3.13. The summed E-state index contributed by atoms with van der Waals surface area (Å²) in [5, 5.41) is 2.79. The fourth-order valence-corrected chi connectivity index (χ4v) is 4.41. The second-order valence-corrected chi connectivity index (χ2v) is 7.43. The van der Waals surface area contributed by atoms with Crippen LogP contribution in [0.25, 0.3) is 10.6 Å². The first-order valence-electron chi connectivity index (χ1n) is 7.93. The van der Waals surface area contributed by atoms with Crippen molar-refractivity contribution in [1.82, 2.24) is 18.9 Å². The van der Waals surface area contributed by atoms with Crippen molar-refractivity contribution in [2.24, 2.45) is 0 Å². The number of aryl methyl sites for hydroxylation is 1. The van der Waals surface area contributed by atoms with Crippen LogP contribution in [0, 0.1) is 6.92 Å². The lowest BCUT2D eigenvalue weighted by atomic mass is 10.3. The number of fused-ring (bicyclic) bond motifs is 1. The molecule has 3 aromatic heterocycles. The number of hydrogen-bond donors (Lipinski definition) is 0. The number of hydrogen-bond acceptors (Lipinski definition) is 6. The Hall–Kier alpha value is -2.58. The summed E-state index contributed by atoms with van der Waals surface area (Å²) in [6.45, 7) is 1.91. The number of thiazole rings is 1. The van der Waals surface area contributed by atoms with E-state index in [1.165, 1.54) is 11.3 Å². The van der Waals surface area contributed by atoms with E-state index < -0.39 is 0 Å². The molecule has 4 rings (SSSR count). The van der Waals surface area contributed by atoms with E-state index in [0.29, 0.717) is 5.75 Å². The first-order valence-corrected chi connectivity index (χ1v) is 9.79. The molecule has 0 aliphatic heterocycles. The number of aromatic nitrogens is 4. The van der Waals surface area contributed by atoms with Crippen molar-refractivity contribution >= 4 is 28.1 Å². The maximum Gasteiger partial charge on any atom is 0.258 e. The van der Waals surface area contributed by atoms with Gasteiger partial charge in [0, 0.05) is 41.0 Å². The van der Waals surface area contributed by atoms with E-state index in [0.717, 1.165) is 32.9 Å². The average Bonchev–Trinajstić information content (AvgIpc) is 3.27. The zero-order chi connectivity index (χ0) is 18.1. The highest BCUT2D eigenvalue weighted by molar-refractivity contribution is 7.98. The van der Waals surface area contributed by atoms with Gasteiger partial charge in [0.15, 0.2) is 10.1 Å². The number of benzene rings is 1. The van der Waals surface area contributed by atoms with Crippen LogP contribution in [0.1, 0.15) is 11.4 Å². The maximum atomic E-state index is 12.3. The van der Waals surface area contributed by atoms with Gasteiger partial charge in [-0.1, -0.05) is 11.8 Å². The topological polar surface area (TPSA) is 61.4 Å². The summed E-state index contributed by atoms with van der Waals surface area (Å²) in [5.74, 6) is 1.39. The van der Waals surface area contributed by atoms with Crippen LogP contribution in [0.3, 0.4) is 0 Å². The molecule has 0 N–H and O–H groups in total. The van der Waals surface area contributed by atoms with E-state index in [2.05, 4.69) is 9.97 Å². The molecular weight excluding hydrogens is 368 g/mol. The van der Waals surface area contributed by atoms with Crippen LogP contribution in [0.5, 0.6) is 5.75 Å². The lowest BCUT2D eigenvalue weighted by Gasteiger charge is -2.08. The minimum absolute atomic E-state index is 0.0390. The third-order valence-electron chi connectivity index (χ3n) is 3.94. The fraction of sp³-hybridized carbons (Fsp3) is 0.167. The van der Waals surface area contributed by atoms with E-state index in [-0.39, 0.29) is 5.56 Å². The molecular formula is C18H16N4O2S2. The van der Waals surface area contributed by atoms with E-state index in [9.17, 15) is 4.79 Å². The smallest absolute Gasteiger partial charge is 0.258 e. The number of thioether (sulfide) groups is 1. The molecule has 0 aliphatic rings. The van der Waals surface area contributed by atoms with E-state index >= 15 is 0 Å². The zero-order valence-electron chi connectivity index (χ0n) is 14.2. The molecule has 0 amide bonds. The first-order chi connectivity index (χ1) is 12.7. The first kappa shape index (κ1) is 16.9. The molecule has 3 heterocycles. The normalized spacial score (nSPS) is 11.2. The van der Waals surface area contributed by atoms with Gasteiger partial charge in [-0.15, -0.1) is 11.3 Å². The van der Waals surface area contributed by atoms with Crippen molar-refractivity contribution in [1.29, 1.82) is 0 Å². The fourth-order valence-electron chi connectivity index (χ4n) is 2.65. The highest BCUT2D eigenvalue weighted by atomic mass is 32.2. The Bertz CT molecular complexity index is 1110. The molecule has 26 heavy (non-hydrogen) atoms. The third-order valence-corrected chi connectivity index (χ3v) is 5.88. The van der Waals surface area contributed by atoms with E-state index in [4.69, 9.17) is 4.74 Å². The van der Waals surface area contributed by atoms with Gasteiger partial charge in [-0.05, 0) is 31.2 Å². The summed E-state index contributed by atoms with van der Waals surface area (Å²) in [4.78, 5) is 22.0. The number of ether oxygens (including phenoxy) is 1. The molecule has 0 fully saturated rings. The molecule has 6 nitrogen and oxygen atoms in total. The number of nitrogens with zero attached hydrogens (tertiary/aromatic N) is 4. The van der Waals surface area contributed by atoms with Gasteiger partial charge in [-0.25, -0.2) is 9.97 Å². The molecule has 132 valence electrons. The molecule has 0 bridgehead atoms. The molecule has 0 saturated heterocycles. The predicted octanol–water partition coefficient (Wildman–Crippen LogP) is 3.55. The summed E-state index contributed by atoms with van der Waals surface area (Å²) in [5.41, 5.74) is 2.63. The van der Waals surface area contributed by atoms with Gasteiger partial charge in [-0.3, -0.25) is 13.8 Å². The Morgan fingerprint density at radius 2 is 2.08 bits per heavy atom. The molecule has 8 heteroatoms. The van der Waals surface area contributed by atoms with Crippen molar-refractivity contribution in [3.8, 4) is 11.4 Å². The van der Waals surface area contributed by atoms with Gasteiger partial charge >= 0.3 is 0 Å². The van der Waals surface area contributed by atoms with Gasteiger partial charge < -0.3 is 4.74 Å². The van der Waals surface area contributed by atoms with Crippen molar-refractivity contribution in [3.63, 3.8) is 0 Å². The van der Waals surface area contributed by atoms with Crippen molar-refractivity contribution in [2.45, 2.75) is 17.8 Å². The van der Waals surface area contributed by atoms with Crippen molar-refractivity contribution < 1.29 is 4.74 Å². The van der Waals surface area contributed by atoms with Gasteiger partial charge in [0.2, 0.25) is 0 Å². The predicted molar refractivity (Wildman–Crippen MR) is 104 cm³/mol. The molecule has 1 aromatic carbocycles. The molecule has 0 spiro atoms. The van der Waals surface area contributed by atoms with E-state index in [1.54, 1.807) is 35.5 Å². The van der Waals surface area contributed by atoms with Crippen LogP contribution < -0.4 is 10.3 Å². The highest BCUT2D eigenvalue weighted by Crippen LogP contribution is 2.25. The van der Waals surface area contributed by atoms with Crippen molar-refractivity contribution in [3.05, 3.63) is 69.8 Å². The Labute approximate surface area is 158 Å². The molecule has 0 radical (unpaired) electrons. The zero-order valence-corrected chi connectivity index (χ0v) is 15.9. The number of rotatable bonds is 5. The molecule has 0 unspecified atom stereocenters. The summed E-state index contributed by atoms with van der Waals surface area (Å²) < 4.78 is 8.84. The monoisotopic (exact) mass is 384 g/mol. The van der Waals surface area contributed by atoms with Crippen LogP contribution in [0.2, 0.25) is 0 Å². The number of imidazole rings is 1. The maximum absolute atomic E-state index is 12.3. The summed E-state index contributed by atoms with van der Waals surface area (Å²) in [6, 6.07) is 9.39. The molecule has 4 aromatic rings. The van der Waals surface area contributed by atoms with Gasteiger partial charge in [0.1, 0.15) is 5.75 Å². The van der Waals surface area contributed by atoms with Crippen LogP contribution in [0.4, 0.5) is 0 Å². The van der Waals surface area contributed by atoms with Gasteiger partial charge in [-0.2, -0.15) is 0 Å². The lowest BCUT2D eigenvalue weighted by molar-refractivity contribution is 0.414. The largest absolute Gasteiger partial charge is 0.497 e. The van der Waals surface area contributed by atoms with Crippen LogP contribution >= 0.6 is 23.1 Å². The second-order valence-electron chi connectivity index (χ2n) is 5.65. The second kappa shape index (κ2) is 6.97. The van der Waals surface area contributed by atoms with Crippen LogP contribution in [0.15, 0.2) is 58.1 Å². The summed E-state index contributed by atoms with van der Waals surface area (Å²) in [6.07, 6.45) is 3.68. The van der Waals surface area contributed by atoms with Crippen LogP contribution in [-0.2, 0) is 5.75 Å². The quantitative estimate of drug-likeness (QED) is 0.493. The molecule has 0 saturated carbocycles. The van der Waals surface area contributed by atoms with Crippen LogP contribution in [-0.4, -0.2) is 26.0 Å². The lowest BCUT2D eigenvalue weighted by Crippen LogP contribution is -2.14. The van der Waals surface area contributed by atoms with E-state index in [1.807, 2.05) is 47.3 Å². The SMILES string of the molecule is COc1ccc(-n2ccnc2SCc2cc(=O)n3c(C)csc3n2)cc1.